The summed E-state index contributed by atoms with van der Waals surface area (Å²) in [6.45, 7) is 7.04. The van der Waals surface area contributed by atoms with Crippen molar-refractivity contribution in [2.24, 2.45) is 0 Å². The molecule has 0 bridgehead atoms. The maximum atomic E-state index is 12.5. The van der Waals surface area contributed by atoms with Crippen molar-refractivity contribution in [1.82, 2.24) is 10.2 Å². The van der Waals surface area contributed by atoms with Crippen molar-refractivity contribution in [2.45, 2.75) is 70.6 Å². The lowest BCUT2D eigenvalue weighted by Gasteiger charge is -2.31. The Balaban J connectivity index is 0.000000872. The molecule has 3 aromatic rings. The topological polar surface area (TPSA) is 147 Å². The number of benzene rings is 3. The number of amides is 2. The zero-order valence-electron chi connectivity index (χ0n) is 27.9. The van der Waals surface area contributed by atoms with Crippen LogP contribution in [0.2, 0.25) is 0 Å². The lowest BCUT2D eigenvalue weighted by Crippen LogP contribution is -2.43. The van der Waals surface area contributed by atoms with Crippen LogP contribution in [0.5, 0.6) is 11.5 Å². The number of carbonyl (C=O) groups excluding carboxylic acids is 2. The molecule has 2 N–H and O–H groups in total. The number of alkyl halides is 3. The molecule has 1 heterocycles. The van der Waals surface area contributed by atoms with Crippen molar-refractivity contribution in [3.63, 3.8) is 0 Å². The fourth-order valence-electron chi connectivity index (χ4n) is 4.63. The first-order chi connectivity index (χ1) is 23.6. The minimum absolute atomic E-state index is 0.00295. The van der Waals surface area contributed by atoms with Gasteiger partial charge in [0, 0.05) is 25.9 Å². The van der Waals surface area contributed by atoms with Crippen LogP contribution in [-0.2, 0) is 27.3 Å². The molecule has 4 rings (SSSR count). The smallest absolute Gasteiger partial charge is 0.490 e. The van der Waals surface area contributed by atoms with E-state index in [-0.39, 0.29) is 31.5 Å². The highest BCUT2D eigenvalue weighted by Gasteiger charge is 2.38. The Bertz CT molecular complexity index is 1580. The number of hydrogen-bond donors (Lipinski definition) is 2. The number of nitrogens with one attached hydrogen (secondary N) is 1. The number of carboxylic acid groups (broad SMARTS) is 1. The molecule has 0 aliphatic carbocycles. The maximum Gasteiger partial charge on any atom is 0.490 e. The van der Waals surface area contributed by atoms with Crippen LogP contribution in [0.3, 0.4) is 0 Å². The molecule has 3 aromatic carbocycles. The molecule has 0 aromatic heterocycles. The van der Waals surface area contributed by atoms with E-state index in [2.05, 4.69) is 11.4 Å². The Kier molecular flexibility index (Phi) is 14.3. The Morgan fingerprint density at radius 3 is 2.16 bits per heavy atom. The zero-order chi connectivity index (χ0) is 36.7. The second-order valence-corrected chi connectivity index (χ2v) is 12.3. The number of nitrogens with zero attached hydrogens (tertiary/aromatic N) is 2. The van der Waals surface area contributed by atoms with Gasteiger partial charge in [-0.1, -0.05) is 48.5 Å². The van der Waals surface area contributed by atoms with Crippen molar-refractivity contribution in [3.05, 3.63) is 95.6 Å². The van der Waals surface area contributed by atoms with E-state index < -0.39 is 23.8 Å². The third-order valence-electron chi connectivity index (χ3n) is 6.99. The molecule has 1 aliphatic heterocycles. The third kappa shape index (κ3) is 14.3. The summed E-state index contributed by atoms with van der Waals surface area (Å²) in [5, 5.41) is 19.2. The van der Waals surface area contributed by atoms with Crippen LogP contribution >= 0.6 is 0 Å². The number of ether oxygens (including phenoxy) is 4. The van der Waals surface area contributed by atoms with Crippen LogP contribution in [0.25, 0.3) is 0 Å². The number of halogens is 3. The lowest BCUT2D eigenvalue weighted by atomic mass is 10.1. The summed E-state index contributed by atoms with van der Waals surface area (Å²) in [6.07, 6.45) is -3.97. The predicted molar refractivity (Wildman–Crippen MR) is 175 cm³/mol. The van der Waals surface area contributed by atoms with Gasteiger partial charge in [0.25, 0.3) is 0 Å². The van der Waals surface area contributed by atoms with Gasteiger partial charge < -0.3 is 34.3 Å². The molecule has 1 atom stereocenters. The second-order valence-electron chi connectivity index (χ2n) is 12.3. The quantitative estimate of drug-likeness (QED) is 0.231. The highest BCUT2D eigenvalue weighted by atomic mass is 19.4. The van der Waals surface area contributed by atoms with Gasteiger partial charge in [-0.15, -0.1) is 0 Å². The molecule has 1 saturated heterocycles. The summed E-state index contributed by atoms with van der Waals surface area (Å²) in [7, 11) is 0. The SMILES string of the molecule is CC(C)(C)OC(=O)N[C@H](COc1cccc(C#N)c1)Cc1ccc(OC2CCN(C(=O)OCc3ccccc3)CC2)cc1.O=C(O)C(F)(F)F. The number of carbonyl (C=O) groups is 3. The highest BCUT2D eigenvalue weighted by molar-refractivity contribution is 5.73. The normalized spacial score (nSPS) is 13.8. The van der Waals surface area contributed by atoms with Crippen LogP contribution in [0.1, 0.15) is 50.3 Å². The fraction of sp³-hybridized carbons (Fsp3) is 0.389. The van der Waals surface area contributed by atoms with Gasteiger partial charge in [0.15, 0.2) is 0 Å². The Hall–Kier alpha value is -5.45. The van der Waals surface area contributed by atoms with Gasteiger partial charge >= 0.3 is 24.3 Å². The van der Waals surface area contributed by atoms with Crippen LogP contribution in [0.4, 0.5) is 22.8 Å². The van der Waals surface area contributed by atoms with Gasteiger partial charge in [-0.3, -0.25) is 0 Å². The largest absolute Gasteiger partial charge is 0.491 e. The van der Waals surface area contributed by atoms with E-state index in [9.17, 15) is 22.8 Å². The number of hydrogen-bond acceptors (Lipinski definition) is 8. The van der Waals surface area contributed by atoms with E-state index in [0.717, 1.165) is 16.9 Å². The average Bonchev–Trinajstić information content (AvgIpc) is 3.07. The number of likely N-dealkylation sites (tertiary alicyclic amines) is 1. The molecule has 0 radical (unpaired) electrons. The Labute approximate surface area is 288 Å². The first kappa shape index (κ1) is 39.0. The second kappa shape index (κ2) is 18.4. The highest BCUT2D eigenvalue weighted by Crippen LogP contribution is 2.22. The minimum atomic E-state index is -5.08. The first-order valence-corrected chi connectivity index (χ1v) is 15.7. The molecular weight excluding hydrogens is 659 g/mol. The summed E-state index contributed by atoms with van der Waals surface area (Å²) in [5.41, 5.74) is 1.81. The zero-order valence-corrected chi connectivity index (χ0v) is 27.9. The van der Waals surface area contributed by atoms with Crippen molar-refractivity contribution in [3.8, 4) is 17.6 Å². The number of rotatable bonds is 10. The van der Waals surface area contributed by atoms with Gasteiger partial charge in [0.1, 0.15) is 36.4 Å². The van der Waals surface area contributed by atoms with E-state index in [1.807, 2.05) is 75.4 Å². The summed E-state index contributed by atoms with van der Waals surface area (Å²) in [4.78, 5) is 35.6. The number of nitriles is 1. The molecule has 0 spiro atoms. The molecule has 1 aliphatic rings. The number of carboxylic acids is 1. The molecule has 50 heavy (non-hydrogen) atoms. The molecule has 14 heteroatoms. The van der Waals surface area contributed by atoms with Crippen LogP contribution < -0.4 is 14.8 Å². The molecule has 2 amide bonds. The number of aliphatic carboxylic acids is 1. The van der Waals surface area contributed by atoms with Gasteiger partial charge in [-0.05, 0) is 68.7 Å². The molecule has 268 valence electrons. The van der Waals surface area contributed by atoms with E-state index >= 15 is 0 Å². The number of piperidine rings is 1. The maximum absolute atomic E-state index is 12.5. The fourth-order valence-corrected chi connectivity index (χ4v) is 4.63. The molecule has 1 fully saturated rings. The van der Waals surface area contributed by atoms with E-state index in [1.54, 1.807) is 29.2 Å². The van der Waals surface area contributed by atoms with Gasteiger partial charge in [-0.25, -0.2) is 14.4 Å². The van der Waals surface area contributed by atoms with E-state index in [1.165, 1.54) is 0 Å². The van der Waals surface area contributed by atoms with E-state index in [0.29, 0.717) is 43.7 Å². The van der Waals surface area contributed by atoms with Crippen molar-refractivity contribution < 1.29 is 51.6 Å². The molecule has 0 saturated carbocycles. The van der Waals surface area contributed by atoms with Crippen LogP contribution in [0.15, 0.2) is 78.9 Å². The van der Waals surface area contributed by atoms with Gasteiger partial charge in [0.2, 0.25) is 0 Å². The average molecular weight is 700 g/mol. The third-order valence-corrected chi connectivity index (χ3v) is 6.99. The van der Waals surface area contributed by atoms with Gasteiger partial charge in [0.05, 0.1) is 17.7 Å². The summed E-state index contributed by atoms with van der Waals surface area (Å²) in [6, 6.07) is 26.0. The van der Waals surface area contributed by atoms with Crippen LogP contribution in [-0.4, -0.2) is 71.8 Å². The monoisotopic (exact) mass is 699 g/mol. The summed E-state index contributed by atoms with van der Waals surface area (Å²) in [5.74, 6) is -1.46. The van der Waals surface area contributed by atoms with Crippen molar-refractivity contribution in [1.29, 1.82) is 5.26 Å². The standard InChI is InChI=1S/C34H39N3O6.C2HF3O2/c1-34(2,3)43-32(38)36-28(24-40-31-11-7-10-27(21-31)22-35)20-25-12-14-29(15-13-25)42-30-16-18-37(19-17-30)33(39)41-23-26-8-5-4-6-9-26;3-2(4,5)1(6)7/h4-15,21,28,30H,16-20,23-24H2,1-3H3,(H,36,38);(H,6,7)/t28-;/m0./s1. The lowest BCUT2D eigenvalue weighted by molar-refractivity contribution is -0.192. The minimum Gasteiger partial charge on any atom is -0.491 e. The van der Waals surface area contributed by atoms with Crippen molar-refractivity contribution in [2.75, 3.05) is 19.7 Å². The first-order valence-electron chi connectivity index (χ1n) is 15.7. The van der Waals surface area contributed by atoms with E-state index in [4.69, 9.17) is 34.1 Å². The van der Waals surface area contributed by atoms with Gasteiger partial charge in [-0.2, -0.15) is 18.4 Å². The molecule has 0 unspecified atom stereocenters. The Morgan fingerprint density at radius 1 is 0.940 bits per heavy atom. The summed E-state index contributed by atoms with van der Waals surface area (Å²) >= 11 is 0. The Morgan fingerprint density at radius 2 is 1.58 bits per heavy atom. The predicted octanol–water partition coefficient (Wildman–Crippen LogP) is 6.89. The number of alkyl carbamates (subject to hydrolysis) is 1. The summed E-state index contributed by atoms with van der Waals surface area (Å²) < 4.78 is 54.8. The molecular formula is C36H40F3N3O8. The molecule has 11 nitrogen and oxygen atoms in total. The van der Waals surface area contributed by atoms with Crippen molar-refractivity contribution >= 4 is 18.2 Å². The van der Waals surface area contributed by atoms with Crippen LogP contribution in [0, 0.1) is 11.3 Å².